The number of benzene rings is 2. The van der Waals surface area contributed by atoms with Crippen LogP contribution in [0.4, 0.5) is 0 Å². The van der Waals surface area contributed by atoms with Crippen molar-refractivity contribution in [1.82, 2.24) is 9.80 Å². The number of fused-ring (bicyclic) bond motifs is 2. The van der Waals surface area contributed by atoms with E-state index in [-0.39, 0.29) is 29.4 Å². The van der Waals surface area contributed by atoms with Crippen molar-refractivity contribution in [2.45, 2.75) is 90.2 Å². The first kappa shape index (κ1) is 26.2. The summed E-state index contributed by atoms with van der Waals surface area (Å²) in [6.45, 7) is 10.8. The van der Waals surface area contributed by atoms with Gasteiger partial charge in [0.05, 0.1) is 11.6 Å². The number of para-hydroxylation sites is 1. The molecule has 0 unspecified atom stereocenters. The molecule has 1 saturated carbocycles. The average molecular weight is 491 g/mol. The molecule has 2 aliphatic rings. The maximum atomic E-state index is 13.9. The predicted molar refractivity (Wildman–Crippen MR) is 145 cm³/mol. The predicted octanol–water partition coefficient (Wildman–Crippen LogP) is 6.46. The minimum atomic E-state index is -0.121. The number of hydrogen-bond acceptors (Lipinski definition) is 3. The van der Waals surface area contributed by atoms with Gasteiger partial charge in [0, 0.05) is 25.2 Å². The van der Waals surface area contributed by atoms with Gasteiger partial charge < -0.3 is 14.5 Å². The summed E-state index contributed by atoms with van der Waals surface area (Å²) in [5.41, 5.74) is 2.64. The maximum absolute atomic E-state index is 13.9. The molecule has 0 bridgehead atoms. The molecule has 1 aliphatic heterocycles. The number of ether oxygens (including phenoxy) is 1. The summed E-state index contributed by atoms with van der Waals surface area (Å²) in [4.78, 5) is 31.4. The Bertz CT molecular complexity index is 1040. The Morgan fingerprint density at radius 2 is 1.64 bits per heavy atom. The van der Waals surface area contributed by atoms with E-state index in [1.54, 1.807) is 0 Å². The third-order valence-electron chi connectivity index (χ3n) is 7.58. The standard InChI is InChI=1S/C31H42N2O3/c1-5-20-32-21-10-11-22-33(29(34)23-16-18-24(19-17-23)31(2,3)4)26-13-7-9-15-28(26)36-27-14-8-6-12-25(27)30(32)35/h6,8,12,14,16-19,26,28H,5,7,9-11,13,15,20-22H2,1-4H3/t26-,28+/m1/s1. The maximum Gasteiger partial charge on any atom is 0.257 e. The zero-order valence-corrected chi connectivity index (χ0v) is 22.5. The Kier molecular flexibility index (Phi) is 8.38. The molecule has 0 saturated heterocycles. The summed E-state index contributed by atoms with van der Waals surface area (Å²) in [6, 6.07) is 15.8. The quantitative estimate of drug-likeness (QED) is 0.496. The van der Waals surface area contributed by atoms with Crippen LogP contribution in [0, 0.1) is 0 Å². The minimum Gasteiger partial charge on any atom is -0.487 e. The molecule has 4 rings (SSSR count). The lowest BCUT2D eigenvalue weighted by Crippen LogP contribution is -2.51. The fourth-order valence-corrected chi connectivity index (χ4v) is 5.52. The number of hydrogen-bond donors (Lipinski definition) is 0. The highest BCUT2D eigenvalue weighted by atomic mass is 16.5. The lowest BCUT2D eigenvalue weighted by molar-refractivity contribution is 0.0259. The van der Waals surface area contributed by atoms with Gasteiger partial charge in [-0.3, -0.25) is 9.59 Å². The second kappa shape index (κ2) is 11.5. The molecule has 5 heteroatoms. The topological polar surface area (TPSA) is 49.9 Å². The zero-order valence-electron chi connectivity index (χ0n) is 22.5. The van der Waals surface area contributed by atoms with Crippen molar-refractivity contribution in [1.29, 1.82) is 0 Å². The molecule has 5 nitrogen and oxygen atoms in total. The van der Waals surface area contributed by atoms with Gasteiger partial charge in [0.25, 0.3) is 11.8 Å². The molecule has 2 atom stereocenters. The van der Waals surface area contributed by atoms with E-state index in [0.29, 0.717) is 24.4 Å². The number of amides is 2. The monoisotopic (exact) mass is 490 g/mol. The van der Waals surface area contributed by atoms with Crippen LogP contribution in [0.2, 0.25) is 0 Å². The molecule has 36 heavy (non-hydrogen) atoms. The molecule has 0 N–H and O–H groups in total. The van der Waals surface area contributed by atoms with Gasteiger partial charge in [-0.05, 0) is 73.8 Å². The molecule has 0 spiro atoms. The number of nitrogens with zero attached hydrogens (tertiary/aromatic N) is 2. The lowest BCUT2D eigenvalue weighted by atomic mass is 9.86. The second-order valence-corrected chi connectivity index (χ2v) is 11.3. The highest BCUT2D eigenvalue weighted by molar-refractivity contribution is 5.97. The fourth-order valence-electron chi connectivity index (χ4n) is 5.52. The third-order valence-corrected chi connectivity index (χ3v) is 7.58. The molecule has 194 valence electrons. The van der Waals surface area contributed by atoms with E-state index in [4.69, 9.17) is 4.74 Å². The number of rotatable bonds is 3. The van der Waals surface area contributed by atoms with Crippen LogP contribution in [0.3, 0.4) is 0 Å². The van der Waals surface area contributed by atoms with E-state index in [9.17, 15) is 9.59 Å². The zero-order chi connectivity index (χ0) is 25.7. The largest absolute Gasteiger partial charge is 0.487 e. The van der Waals surface area contributed by atoms with Gasteiger partial charge in [-0.25, -0.2) is 0 Å². The Hall–Kier alpha value is -2.82. The molecular weight excluding hydrogens is 448 g/mol. The highest BCUT2D eigenvalue weighted by Crippen LogP contribution is 2.32. The van der Waals surface area contributed by atoms with E-state index < -0.39 is 0 Å². The number of carbonyl (C=O) groups excluding carboxylic acids is 2. The molecule has 1 heterocycles. The van der Waals surface area contributed by atoms with Crippen LogP contribution < -0.4 is 4.74 Å². The average Bonchev–Trinajstić information content (AvgIpc) is 2.87. The van der Waals surface area contributed by atoms with Gasteiger partial charge in [0.1, 0.15) is 11.9 Å². The Morgan fingerprint density at radius 3 is 2.36 bits per heavy atom. The smallest absolute Gasteiger partial charge is 0.257 e. The van der Waals surface area contributed by atoms with Gasteiger partial charge in [0.2, 0.25) is 0 Å². The molecule has 0 aromatic heterocycles. The Balaban J connectivity index is 1.66. The van der Waals surface area contributed by atoms with Crippen LogP contribution in [0.1, 0.15) is 98.9 Å². The molecular formula is C31H42N2O3. The third kappa shape index (κ3) is 5.93. The van der Waals surface area contributed by atoms with E-state index in [2.05, 4.69) is 44.7 Å². The molecule has 1 fully saturated rings. The minimum absolute atomic E-state index is 0.00266. The van der Waals surface area contributed by atoms with E-state index in [1.807, 2.05) is 41.3 Å². The number of carbonyl (C=O) groups is 2. The van der Waals surface area contributed by atoms with Crippen LogP contribution in [0.5, 0.6) is 5.75 Å². The first-order valence-corrected chi connectivity index (χ1v) is 13.8. The van der Waals surface area contributed by atoms with Gasteiger partial charge in [0.15, 0.2) is 0 Å². The molecule has 2 aromatic rings. The van der Waals surface area contributed by atoms with Crippen molar-refractivity contribution in [2.24, 2.45) is 0 Å². The van der Waals surface area contributed by atoms with Crippen molar-refractivity contribution in [3.8, 4) is 5.75 Å². The van der Waals surface area contributed by atoms with E-state index in [0.717, 1.165) is 57.1 Å². The Morgan fingerprint density at radius 1 is 0.944 bits per heavy atom. The van der Waals surface area contributed by atoms with Gasteiger partial charge in [-0.2, -0.15) is 0 Å². The van der Waals surface area contributed by atoms with Gasteiger partial charge >= 0.3 is 0 Å². The summed E-state index contributed by atoms with van der Waals surface area (Å²) in [7, 11) is 0. The summed E-state index contributed by atoms with van der Waals surface area (Å²) in [5, 5.41) is 0. The summed E-state index contributed by atoms with van der Waals surface area (Å²) >= 11 is 0. The van der Waals surface area contributed by atoms with Crippen molar-refractivity contribution < 1.29 is 14.3 Å². The molecule has 1 aliphatic carbocycles. The normalized spacial score (nSPS) is 21.5. The van der Waals surface area contributed by atoms with Crippen molar-refractivity contribution in [2.75, 3.05) is 19.6 Å². The molecule has 2 amide bonds. The van der Waals surface area contributed by atoms with E-state index >= 15 is 0 Å². The summed E-state index contributed by atoms with van der Waals surface area (Å²) in [6.07, 6.45) is 6.50. The highest BCUT2D eigenvalue weighted by Gasteiger charge is 2.36. The summed E-state index contributed by atoms with van der Waals surface area (Å²) in [5.74, 6) is 0.776. The van der Waals surface area contributed by atoms with Gasteiger partial charge in [-0.1, -0.05) is 58.4 Å². The SMILES string of the molecule is CCCN1CCCCN(C(=O)c2ccc(C(C)(C)C)cc2)[C@@H]2CCCC[C@@H]2Oc2ccccc2C1=O. The lowest BCUT2D eigenvalue weighted by Gasteiger charge is -2.41. The molecule has 0 radical (unpaired) electrons. The molecule has 2 aromatic carbocycles. The summed E-state index contributed by atoms with van der Waals surface area (Å²) < 4.78 is 6.61. The van der Waals surface area contributed by atoms with E-state index in [1.165, 1.54) is 5.56 Å². The fraction of sp³-hybridized carbons (Fsp3) is 0.548. The van der Waals surface area contributed by atoms with Crippen LogP contribution in [0.15, 0.2) is 48.5 Å². The Labute approximate surface area is 216 Å². The van der Waals surface area contributed by atoms with Crippen molar-refractivity contribution in [3.05, 3.63) is 65.2 Å². The second-order valence-electron chi connectivity index (χ2n) is 11.3. The first-order valence-electron chi connectivity index (χ1n) is 13.8. The van der Waals surface area contributed by atoms with Crippen molar-refractivity contribution >= 4 is 11.8 Å². The van der Waals surface area contributed by atoms with Gasteiger partial charge in [-0.15, -0.1) is 0 Å². The van der Waals surface area contributed by atoms with Crippen LogP contribution >= 0.6 is 0 Å². The van der Waals surface area contributed by atoms with Crippen molar-refractivity contribution in [3.63, 3.8) is 0 Å². The van der Waals surface area contributed by atoms with Crippen LogP contribution in [-0.4, -0.2) is 53.4 Å². The van der Waals surface area contributed by atoms with Crippen LogP contribution in [0.25, 0.3) is 0 Å². The van der Waals surface area contributed by atoms with Crippen LogP contribution in [-0.2, 0) is 5.41 Å². The first-order chi connectivity index (χ1) is 17.3.